The van der Waals surface area contributed by atoms with Crippen LogP contribution in [0.25, 0.3) is 101 Å². The van der Waals surface area contributed by atoms with E-state index in [1.165, 1.54) is 98.0 Å². The van der Waals surface area contributed by atoms with E-state index < -0.39 is 0 Å². The molecule has 0 aliphatic heterocycles. The van der Waals surface area contributed by atoms with Gasteiger partial charge >= 0.3 is 0 Å². The second-order valence-corrected chi connectivity index (χ2v) is 37.3. The molecule has 20 rings (SSSR count). The predicted octanol–water partition coefficient (Wildman–Crippen LogP) is 21.1. The van der Waals surface area contributed by atoms with E-state index in [0.29, 0.717) is 89.7 Å². The van der Waals surface area contributed by atoms with Gasteiger partial charge in [-0.15, -0.1) is 113 Å². The zero-order valence-corrected chi connectivity index (χ0v) is 76.9. The molecule has 20 aromatic heterocycles. The van der Waals surface area contributed by atoms with Gasteiger partial charge in [-0.1, -0.05) is 11.6 Å². The Morgan fingerprint density at radius 3 is 0.967 bits per heavy atom. The van der Waals surface area contributed by atoms with Crippen LogP contribution in [0.1, 0.15) is 67.7 Å². The Balaban J connectivity index is 0.000000132. The fourth-order valence-electron chi connectivity index (χ4n) is 10.8. The van der Waals surface area contributed by atoms with Crippen LogP contribution in [0, 0.1) is 0 Å². The summed E-state index contributed by atoms with van der Waals surface area (Å²) in [5, 5.41) is 14.6. The summed E-state index contributed by atoms with van der Waals surface area (Å²) >= 11 is 30.3. The van der Waals surface area contributed by atoms with Crippen LogP contribution < -0.4 is 46.7 Å². The topological polar surface area (TPSA) is 374 Å². The Labute approximate surface area is 756 Å². The number of methoxy groups -OCH3 is 4. The smallest absolute Gasteiger partial charge is 0.259 e. The number of thiophene rings is 10. The van der Waals surface area contributed by atoms with Gasteiger partial charge in [0.15, 0.2) is 44.0 Å². The Hall–Kier alpha value is -11.3. The number of rotatable bonds is 11. The number of aryl methyl sites for hydroxylation is 1. The van der Waals surface area contributed by atoms with Crippen LogP contribution in [0.3, 0.4) is 0 Å². The lowest BCUT2D eigenvalue weighted by molar-refractivity contribution is 0.111. The molecular formula is C82H56Br3ClN10O16S10. The van der Waals surface area contributed by atoms with Crippen molar-refractivity contribution in [2.45, 2.75) is 0 Å². The summed E-state index contributed by atoms with van der Waals surface area (Å²) in [5.74, 6) is 2.57. The van der Waals surface area contributed by atoms with Gasteiger partial charge in [-0.2, -0.15) is 0 Å². The van der Waals surface area contributed by atoms with Gasteiger partial charge in [0.1, 0.15) is 5.15 Å². The Morgan fingerprint density at radius 2 is 0.623 bits per heavy atom. The van der Waals surface area contributed by atoms with Gasteiger partial charge in [0.25, 0.3) is 27.8 Å². The normalized spacial score (nSPS) is 10.4. The molecule has 20 aromatic rings. The molecule has 0 aliphatic rings. The van der Waals surface area contributed by atoms with Gasteiger partial charge in [-0.3, -0.25) is 57.5 Å². The van der Waals surface area contributed by atoms with Gasteiger partial charge in [-0.25, -0.2) is 24.9 Å². The molecule has 0 saturated heterocycles. The van der Waals surface area contributed by atoms with E-state index in [-0.39, 0.29) is 27.8 Å². The maximum Gasteiger partial charge on any atom is 0.259 e. The highest BCUT2D eigenvalue weighted by Crippen LogP contribution is 2.35. The average molecular weight is 2030 g/mol. The molecule has 0 radical (unpaired) electrons. The molecule has 618 valence electrons. The largest absolute Gasteiger partial charge is 0.481 e. The number of carbonyl (C=O) groups excluding carboxylic acids is 7. The van der Waals surface area contributed by atoms with E-state index in [9.17, 15) is 57.5 Å². The number of halogens is 4. The van der Waals surface area contributed by atoms with Crippen LogP contribution in [0.2, 0.25) is 5.15 Å². The van der Waals surface area contributed by atoms with Crippen LogP contribution in [0.4, 0.5) is 0 Å². The lowest BCUT2D eigenvalue weighted by atomic mass is 10.3. The van der Waals surface area contributed by atoms with Crippen molar-refractivity contribution in [2.24, 2.45) is 7.05 Å². The fraction of sp³-hybridized carbons (Fsp3) is 0.0610. The van der Waals surface area contributed by atoms with Gasteiger partial charge in [0, 0.05) is 107 Å². The maximum absolute atomic E-state index is 11.6. The quantitative estimate of drug-likeness (QED) is 0.0690. The number of hydrogen-bond acceptors (Lipinski definition) is 31. The molecule has 40 heteroatoms. The number of pyridine rings is 10. The number of aromatic nitrogens is 10. The highest BCUT2D eigenvalue weighted by molar-refractivity contribution is 9.11. The van der Waals surface area contributed by atoms with Crippen LogP contribution in [0.15, 0.2) is 219 Å². The second-order valence-electron chi connectivity index (χ2n) is 23.8. The maximum atomic E-state index is 11.6. The van der Waals surface area contributed by atoms with Crippen molar-refractivity contribution in [1.29, 1.82) is 0 Å². The van der Waals surface area contributed by atoms with Gasteiger partial charge in [-0.05, 0) is 167 Å². The first kappa shape index (κ1) is 91.5. The minimum absolute atomic E-state index is 0.0763. The molecular weight excluding hydrogens is 1980 g/mol. The standard InChI is InChI=1S/C9H6BrNO2S.2C9H7NO2S.2C8H4BrNO2S.2C8H5NO2S.2C8H7NOS.C7H4ClNS/c1-11-3-7(10)8-6(9(11)13)2-5(4-12)14-8;2*1-12-9-7-4-6(5-11)13-8(7)2-3-10-9;2*9-6-2-10-8(12)5-1-4(3-11)13-7(5)6;2*10-4-5-3-6-7(12-5)1-2-9-8(6)11;2*1-10-8-6-3-5-11-7(6)2-4-9-8;8-7-5-2-4-10-6(5)1-3-9-7/h2-4H,1H3;2*2-5H,1H3;2*1-3H,(H,10,12);2*1-4H,(H,9,11);2*2-5H,1H3;1-4H. The number of hydrogen-bond donors (Lipinski definition) is 4. The van der Waals surface area contributed by atoms with Crippen LogP contribution >= 0.6 is 173 Å². The zero-order valence-electron chi connectivity index (χ0n) is 63.2. The average Bonchev–Trinajstić information content (AvgIpc) is 1.63. The second kappa shape index (κ2) is 44.0. The molecule has 0 unspecified atom stereocenters. The summed E-state index contributed by atoms with van der Waals surface area (Å²) in [5.41, 5.74) is -0.689. The molecule has 0 bridgehead atoms. The van der Waals surface area contributed by atoms with Crippen LogP contribution in [0.5, 0.6) is 23.5 Å². The minimum atomic E-state index is -0.164. The number of fused-ring (bicyclic) bond motifs is 10. The van der Waals surface area contributed by atoms with Crippen molar-refractivity contribution in [1.82, 2.24) is 49.4 Å². The van der Waals surface area contributed by atoms with E-state index >= 15 is 0 Å². The van der Waals surface area contributed by atoms with Gasteiger partial charge < -0.3 is 43.5 Å². The third-order valence-corrected chi connectivity index (χ3v) is 29.3. The van der Waals surface area contributed by atoms with Crippen molar-refractivity contribution in [2.75, 3.05) is 28.4 Å². The minimum Gasteiger partial charge on any atom is -0.481 e. The molecule has 0 atom stereocenters. The molecule has 0 amide bonds. The monoisotopic (exact) mass is 2030 g/mol. The van der Waals surface area contributed by atoms with Crippen molar-refractivity contribution in [3.63, 3.8) is 0 Å². The Bertz CT molecular complexity index is 7150. The van der Waals surface area contributed by atoms with Crippen molar-refractivity contribution >= 4 is 318 Å². The Morgan fingerprint density at radius 1 is 0.336 bits per heavy atom. The lowest BCUT2D eigenvalue weighted by Gasteiger charge is -1.98. The third-order valence-electron chi connectivity index (χ3n) is 16.3. The number of H-pyrrole nitrogens is 4. The third kappa shape index (κ3) is 22.5. The first-order chi connectivity index (χ1) is 59.1. The van der Waals surface area contributed by atoms with Crippen LogP contribution in [-0.2, 0) is 7.05 Å². The molecule has 122 heavy (non-hydrogen) atoms. The van der Waals surface area contributed by atoms with E-state index in [0.717, 1.165) is 117 Å². The number of nitrogens with zero attached hydrogens (tertiary/aromatic N) is 6. The number of nitrogens with one attached hydrogen (secondary N) is 4. The summed E-state index contributed by atoms with van der Waals surface area (Å²) in [7, 11) is 8.10. The summed E-state index contributed by atoms with van der Waals surface area (Å²) in [4.78, 5) is 165. The summed E-state index contributed by atoms with van der Waals surface area (Å²) in [6, 6.07) is 30.9. The molecule has 26 nitrogen and oxygen atoms in total. The molecule has 4 N–H and O–H groups in total. The molecule has 0 saturated carbocycles. The van der Waals surface area contributed by atoms with Gasteiger partial charge in [0.05, 0.1) is 139 Å². The first-order valence-electron chi connectivity index (χ1n) is 34.4. The molecule has 20 heterocycles. The van der Waals surface area contributed by atoms with E-state index in [4.69, 9.17) is 30.5 Å². The van der Waals surface area contributed by atoms with E-state index in [1.807, 2.05) is 64.7 Å². The summed E-state index contributed by atoms with van der Waals surface area (Å²) < 4.78 is 34.1. The van der Waals surface area contributed by atoms with E-state index in [1.54, 1.807) is 186 Å². The number of aromatic amines is 4. The zero-order chi connectivity index (χ0) is 87.1. The highest BCUT2D eigenvalue weighted by atomic mass is 79.9. The highest BCUT2D eigenvalue weighted by Gasteiger charge is 2.14. The van der Waals surface area contributed by atoms with Gasteiger partial charge in [0.2, 0.25) is 23.5 Å². The SMILES string of the molecule is COc1nccc2sc(C=O)cc12.COc1nccc2sc(C=O)cc12.COc1nccc2sccc12.COc1nccc2sccc12.Clc1nccc2sccc12.Cn1cc(Br)c2sc(C=O)cc2c1=O.O=Cc1cc2c(=O)[nH]cc(Br)c2s1.O=Cc1cc2c(=O)[nH]cc(Br)c2s1.O=Cc1cc2c(=O)[nH]ccc2s1.O=Cc1cc2c(=O)[nH]ccc2s1. The molecule has 0 aliphatic carbocycles. The van der Waals surface area contributed by atoms with E-state index in [2.05, 4.69) is 92.6 Å². The van der Waals surface area contributed by atoms with Crippen molar-refractivity contribution in [3.8, 4) is 23.5 Å². The Kier molecular flexibility index (Phi) is 33.0. The first-order valence-corrected chi connectivity index (χ1v) is 45.6. The number of ether oxygens (including phenoxy) is 4. The van der Waals surface area contributed by atoms with Crippen LogP contribution in [-0.4, -0.2) is 122 Å². The number of carbonyl (C=O) groups is 7. The lowest BCUT2D eigenvalue weighted by Crippen LogP contribution is -2.14. The fourth-order valence-corrected chi connectivity index (χ4v) is 21.5. The summed E-state index contributed by atoms with van der Waals surface area (Å²) in [6.45, 7) is 0. The predicted molar refractivity (Wildman–Crippen MR) is 507 cm³/mol. The molecule has 0 spiro atoms. The van der Waals surface area contributed by atoms with Crippen molar-refractivity contribution < 1.29 is 52.5 Å². The molecule has 0 aromatic carbocycles. The van der Waals surface area contributed by atoms with Crippen molar-refractivity contribution in [3.05, 3.63) is 286 Å². The summed E-state index contributed by atoms with van der Waals surface area (Å²) in [6.07, 6.45) is 22.0. The molecule has 0 fully saturated rings. The number of aldehydes is 7.